The van der Waals surface area contributed by atoms with Gasteiger partial charge < -0.3 is 10.8 Å². The third kappa shape index (κ3) is 10.3. The first kappa shape index (κ1) is 26.4. The number of hydrogen-bond donors (Lipinski definition) is 2. The lowest BCUT2D eigenvalue weighted by atomic mass is 9.93. The number of benzene rings is 1. The maximum Gasteiger partial charge on any atom is 0.417 e. The van der Waals surface area contributed by atoms with Crippen molar-refractivity contribution in [2.45, 2.75) is 74.9 Å². The van der Waals surface area contributed by atoms with Crippen LogP contribution in [-0.2, 0) is 21.7 Å². The summed E-state index contributed by atoms with van der Waals surface area (Å²) in [6, 6.07) is 4.35. The maximum absolute atomic E-state index is 13.5. The standard InChI is InChI=1S/C20H31F3NO3PS/c1-2-3-4-5-6-7-12-29-18-9-8-16(13-17(18)20(21,22)23)10-11-19(24,14-25)15-27-28-26/h8-9,13,25H,2-7,10-12,14-15,24H2,1H3. The molecule has 1 aromatic rings. The molecule has 4 nitrogen and oxygen atoms in total. The summed E-state index contributed by atoms with van der Waals surface area (Å²) >= 11 is 1.25. The number of rotatable bonds is 15. The third-order valence-electron chi connectivity index (χ3n) is 4.74. The molecule has 3 N–H and O–H groups in total. The van der Waals surface area contributed by atoms with Crippen LogP contribution in [0.5, 0.6) is 0 Å². The van der Waals surface area contributed by atoms with Crippen molar-refractivity contribution in [3.63, 3.8) is 0 Å². The smallest absolute Gasteiger partial charge is 0.394 e. The summed E-state index contributed by atoms with van der Waals surface area (Å²) in [6.45, 7) is 1.59. The van der Waals surface area contributed by atoms with Gasteiger partial charge in [0.15, 0.2) is 0 Å². The Kier molecular flexibility index (Phi) is 12.4. The molecule has 0 radical (unpaired) electrons. The number of halogens is 3. The zero-order valence-electron chi connectivity index (χ0n) is 16.8. The summed E-state index contributed by atoms with van der Waals surface area (Å²) in [5.41, 5.74) is 4.67. The number of aryl methyl sites for hydroxylation is 1. The molecule has 0 aliphatic rings. The molecule has 0 amide bonds. The molecule has 0 fully saturated rings. The Morgan fingerprint density at radius 1 is 1.17 bits per heavy atom. The molecule has 1 rings (SSSR count). The first-order valence-electron chi connectivity index (χ1n) is 9.93. The van der Waals surface area contributed by atoms with Crippen LogP contribution in [0.25, 0.3) is 0 Å². The van der Waals surface area contributed by atoms with Gasteiger partial charge in [-0.3, -0.25) is 4.52 Å². The van der Waals surface area contributed by atoms with E-state index in [1.807, 2.05) is 0 Å². The van der Waals surface area contributed by atoms with Gasteiger partial charge in [-0.25, -0.2) is 4.57 Å². The lowest BCUT2D eigenvalue weighted by molar-refractivity contribution is -0.139. The highest BCUT2D eigenvalue weighted by Gasteiger charge is 2.34. The van der Waals surface area contributed by atoms with Crippen LogP contribution >= 0.6 is 20.4 Å². The first-order chi connectivity index (χ1) is 13.8. The molecule has 0 spiro atoms. The van der Waals surface area contributed by atoms with Gasteiger partial charge in [-0.1, -0.05) is 45.1 Å². The molecule has 0 saturated heterocycles. The van der Waals surface area contributed by atoms with E-state index in [-0.39, 0.29) is 24.3 Å². The second kappa shape index (κ2) is 13.6. The molecule has 9 heteroatoms. The zero-order chi connectivity index (χ0) is 21.8. The van der Waals surface area contributed by atoms with Gasteiger partial charge in [-0.05, 0) is 42.7 Å². The Morgan fingerprint density at radius 2 is 1.86 bits per heavy atom. The highest BCUT2D eigenvalue weighted by atomic mass is 32.2. The van der Waals surface area contributed by atoms with Gasteiger partial charge >= 0.3 is 14.9 Å². The molecular weight excluding hydrogens is 422 g/mol. The fourth-order valence-corrected chi connectivity index (χ4v) is 4.26. The number of alkyl halides is 3. The van der Waals surface area contributed by atoms with Crippen LogP contribution in [0, 0.1) is 0 Å². The van der Waals surface area contributed by atoms with Crippen LogP contribution in [0.1, 0.15) is 63.0 Å². The van der Waals surface area contributed by atoms with Crippen LogP contribution in [0.2, 0.25) is 0 Å². The normalized spacial score (nSPS) is 14.3. The van der Waals surface area contributed by atoms with Gasteiger partial charge in [-0.15, -0.1) is 11.8 Å². The van der Waals surface area contributed by atoms with E-state index in [0.717, 1.165) is 25.3 Å². The monoisotopic (exact) mass is 453 g/mol. The molecule has 1 unspecified atom stereocenters. The van der Waals surface area contributed by atoms with Gasteiger partial charge in [0, 0.05) is 4.90 Å². The summed E-state index contributed by atoms with van der Waals surface area (Å²) < 4.78 is 55.7. The first-order valence-corrected chi connectivity index (χ1v) is 11.6. The number of aliphatic hydroxyl groups is 1. The molecule has 0 bridgehead atoms. The van der Waals surface area contributed by atoms with Crippen molar-refractivity contribution < 1.29 is 27.4 Å². The number of nitrogens with two attached hydrogens (primary N) is 1. The van der Waals surface area contributed by atoms with Crippen LogP contribution in [-0.4, -0.2) is 29.6 Å². The fourth-order valence-electron chi connectivity index (χ4n) is 2.89. The maximum atomic E-state index is 13.5. The summed E-state index contributed by atoms with van der Waals surface area (Å²) in [4.78, 5) is 0.240. The number of thioether (sulfide) groups is 1. The van der Waals surface area contributed by atoms with Gasteiger partial charge in [0.2, 0.25) is 0 Å². The quantitative estimate of drug-likeness (QED) is 0.193. The number of unbranched alkanes of at least 4 members (excludes halogenated alkanes) is 5. The van der Waals surface area contributed by atoms with Crippen molar-refractivity contribution in [1.82, 2.24) is 0 Å². The zero-order valence-corrected chi connectivity index (χ0v) is 18.6. The molecule has 166 valence electrons. The minimum Gasteiger partial charge on any atom is -0.394 e. The lowest BCUT2D eigenvalue weighted by Crippen LogP contribution is -2.47. The number of aliphatic hydroxyl groups excluding tert-OH is 1. The summed E-state index contributed by atoms with van der Waals surface area (Å²) in [5.74, 6) is 0.663. The predicted octanol–water partition coefficient (Wildman–Crippen LogP) is 6.00. The van der Waals surface area contributed by atoms with E-state index < -0.39 is 32.6 Å². The van der Waals surface area contributed by atoms with Crippen LogP contribution in [0.4, 0.5) is 13.2 Å². The van der Waals surface area contributed by atoms with E-state index in [1.54, 1.807) is 6.07 Å². The SMILES string of the molecule is CCCCCCCCSc1ccc(CCC(N)(CO)COP=O)cc1C(F)(F)F. The minimum atomic E-state index is -4.43. The van der Waals surface area contributed by atoms with E-state index in [4.69, 9.17) is 10.3 Å². The predicted molar refractivity (Wildman–Crippen MR) is 111 cm³/mol. The van der Waals surface area contributed by atoms with E-state index in [1.165, 1.54) is 37.1 Å². The highest BCUT2D eigenvalue weighted by molar-refractivity contribution is 7.99. The molecule has 1 atom stereocenters. The van der Waals surface area contributed by atoms with E-state index in [9.17, 15) is 22.8 Å². The Bertz CT molecular complexity index is 619. The van der Waals surface area contributed by atoms with Gasteiger partial charge in [0.1, 0.15) is 0 Å². The van der Waals surface area contributed by atoms with Crippen molar-refractivity contribution >= 4 is 20.4 Å². The number of hydrogen-bond acceptors (Lipinski definition) is 5. The highest BCUT2D eigenvalue weighted by Crippen LogP contribution is 2.38. The molecule has 0 saturated carbocycles. The Labute approximate surface area is 177 Å². The Hall–Kier alpha value is -0.660. The Morgan fingerprint density at radius 3 is 2.48 bits per heavy atom. The molecule has 0 aliphatic heterocycles. The van der Waals surface area contributed by atoms with E-state index in [0.29, 0.717) is 11.3 Å². The van der Waals surface area contributed by atoms with Crippen LogP contribution in [0.3, 0.4) is 0 Å². The van der Waals surface area contributed by atoms with Crippen molar-refractivity contribution in [3.05, 3.63) is 29.3 Å². The summed E-state index contributed by atoms with van der Waals surface area (Å²) in [5, 5.41) is 9.41. The van der Waals surface area contributed by atoms with Crippen molar-refractivity contribution in [2.75, 3.05) is 19.0 Å². The fraction of sp³-hybridized carbons (Fsp3) is 0.700. The average molecular weight is 454 g/mol. The largest absolute Gasteiger partial charge is 0.417 e. The second-order valence-electron chi connectivity index (χ2n) is 7.31. The summed E-state index contributed by atoms with van der Waals surface area (Å²) in [6.07, 6.45) is 2.65. The molecule has 0 heterocycles. The van der Waals surface area contributed by atoms with E-state index >= 15 is 0 Å². The topological polar surface area (TPSA) is 72.6 Å². The molecule has 29 heavy (non-hydrogen) atoms. The van der Waals surface area contributed by atoms with Crippen LogP contribution < -0.4 is 5.73 Å². The van der Waals surface area contributed by atoms with Gasteiger partial charge in [0.25, 0.3) is 0 Å². The van der Waals surface area contributed by atoms with Crippen LogP contribution in [0.15, 0.2) is 23.1 Å². The third-order valence-corrected chi connectivity index (χ3v) is 6.13. The molecule has 0 aliphatic carbocycles. The Balaban J connectivity index is 2.70. The second-order valence-corrected chi connectivity index (χ2v) is 8.86. The van der Waals surface area contributed by atoms with E-state index in [2.05, 4.69) is 6.92 Å². The van der Waals surface area contributed by atoms with Gasteiger partial charge in [0.05, 0.1) is 24.3 Å². The van der Waals surface area contributed by atoms with Gasteiger partial charge in [-0.2, -0.15) is 13.2 Å². The molecule has 0 aromatic heterocycles. The molecule has 1 aromatic carbocycles. The average Bonchev–Trinajstić information content (AvgIpc) is 2.70. The molecular formula is C20H31F3NO3PS. The van der Waals surface area contributed by atoms with Crippen molar-refractivity contribution in [2.24, 2.45) is 5.73 Å². The lowest BCUT2D eigenvalue weighted by Gasteiger charge is -2.25. The van der Waals surface area contributed by atoms with Crippen molar-refractivity contribution in [3.8, 4) is 0 Å². The minimum absolute atomic E-state index is 0.146. The van der Waals surface area contributed by atoms with Crippen molar-refractivity contribution in [1.29, 1.82) is 0 Å². The summed E-state index contributed by atoms with van der Waals surface area (Å²) in [7, 11) is -0.552.